The lowest BCUT2D eigenvalue weighted by Gasteiger charge is -2.20. The molecule has 0 heterocycles. The predicted octanol–water partition coefficient (Wildman–Crippen LogP) is 25.3. The Balaban J connectivity index is 3.34. The van der Waals surface area contributed by atoms with Crippen LogP contribution in [0.1, 0.15) is 438 Å². The number of amides is 1. The lowest BCUT2D eigenvalue weighted by molar-refractivity contribution is -0.143. The van der Waals surface area contributed by atoms with Gasteiger partial charge in [-0.05, 0) is 57.8 Å². The van der Waals surface area contributed by atoms with Gasteiger partial charge in [0.15, 0.2) is 0 Å². The van der Waals surface area contributed by atoms with Crippen LogP contribution in [0.2, 0.25) is 0 Å². The third-order valence-electron chi connectivity index (χ3n) is 18.2. The number of aliphatic hydroxyl groups is 2. The van der Waals surface area contributed by atoms with Gasteiger partial charge in [0.2, 0.25) is 5.91 Å². The smallest absolute Gasteiger partial charge is 0.305 e. The molecule has 0 aromatic rings. The lowest BCUT2D eigenvalue weighted by Crippen LogP contribution is -2.45. The molecule has 0 spiro atoms. The first-order valence-corrected chi connectivity index (χ1v) is 38.6. The molecule has 0 aliphatic rings. The van der Waals surface area contributed by atoms with Crippen molar-refractivity contribution in [2.24, 2.45) is 0 Å². The number of esters is 1. The van der Waals surface area contributed by atoms with Crippen molar-refractivity contribution in [3.05, 3.63) is 24.3 Å². The summed E-state index contributed by atoms with van der Waals surface area (Å²) in [5.41, 5.74) is 0. The van der Waals surface area contributed by atoms with E-state index in [4.69, 9.17) is 4.74 Å². The molecule has 498 valence electrons. The van der Waals surface area contributed by atoms with Gasteiger partial charge >= 0.3 is 5.97 Å². The fourth-order valence-electron chi connectivity index (χ4n) is 12.3. The average Bonchev–Trinajstić information content (AvgIpc) is 3.53. The maximum atomic E-state index is 12.5. The van der Waals surface area contributed by atoms with Crippen LogP contribution in [-0.4, -0.2) is 47.4 Å². The van der Waals surface area contributed by atoms with Crippen LogP contribution in [0.3, 0.4) is 0 Å². The van der Waals surface area contributed by atoms with Gasteiger partial charge < -0.3 is 20.3 Å². The van der Waals surface area contributed by atoms with Crippen LogP contribution in [0.4, 0.5) is 0 Å². The van der Waals surface area contributed by atoms with E-state index in [-0.39, 0.29) is 18.5 Å². The molecule has 0 radical (unpaired) electrons. The van der Waals surface area contributed by atoms with Gasteiger partial charge in [0, 0.05) is 12.8 Å². The SMILES string of the molecule is CCCCCCCCCCCCCCCC/C=C/C(O)C(CO)NC(=O)CCCCCCCCCCCCCCCCCCC/C=C\CCCCCCCCCCCCCCOC(=O)CCCCCCCCCCCCCCCCCCCC. The summed E-state index contributed by atoms with van der Waals surface area (Å²) in [5.74, 6) is -0.0378. The summed E-state index contributed by atoms with van der Waals surface area (Å²) in [6, 6.07) is -0.625. The van der Waals surface area contributed by atoms with Crippen molar-refractivity contribution in [3.63, 3.8) is 0 Å². The highest BCUT2D eigenvalue weighted by atomic mass is 16.5. The summed E-state index contributed by atoms with van der Waals surface area (Å²) in [7, 11) is 0. The van der Waals surface area contributed by atoms with E-state index in [0.717, 1.165) is 38.5 Å². The van der Waals surface area contributed by atoms with Crippen molar-refractivity contribution in [1.82, 2.24) is 5.32 Å². The molecule has 3 N–H and O–H groups in total. The minimum atomic E-state index is -0.842. The van der Waals surface area contributed by atoms with Crippen LogP contribution < -0.4 is 5.32 Å². The Morgan fingerprint density at radius 1 is 0.321 bits per heavy atom. The van der Waals surface area contributed by atoms with Gasteiger partial charge in [0.05, 0.1) is 25.4 Å². The van der Waals surface area contributed by atoms with E-state index >= 15 is 0 Å². The third kappa shape index (κ3) is 69.4. The number of carbonyl (C=O) groups excluding carboxylic acids is 2. The van der Waals surface area contributed by atoms with Gasteiger partial charge in [0.1, 0.15) is 0 Å². The zero-order valence-electron chi connectivity index (χ0n) is 57.2. The first kappa shape index (κ1) is 82.3. The molecule has 0 aliphatic carbocycles. The normalized spacial score (nSPS) is 12.6. The topological polar surface area (TPSA) is 95.9 Å². The van der Waals surface area contributed by atoms with Gasteiger partial charge in [-0.15, -0.1) is 0 Å². The van der Waals surface area contributed by atoms with E-state index in [1.807, 2.05) is 6.08 Å². The first-order valence-electron chi connectivity index (χ1n) is 38.6. The van der Waals surface area contributed by atoms with Gasteiger partial charge in [-0.1, -0.05) is 391 Å². The van der Waals surface area contributed by atoms with E-state index in [9.17, 15) is 19.8 Å². The molecule has 0 fully saturated rings. The molecule has 0 saturated carbocycles. The molecule has 0 bridgehead atoms. The van der Waals surface area contributed by atoms with E-state index in [1.165, 1.54) is 372 Å². The number of unbranched alkanes of at least 4 members (excludes halogenated alkanes) is 60. The van der Waals surface area contributed by atoms with Crippen molar-refractivity contribution in [2.45, 2.75) is 450 Å². The maximum absolute atomic E-state index is 12.5. The number of nitrogens with one attached hydrogen (secondary N) is 1. The van der Waals surface area contributed by atoms with Crippen molar-refractivity contribution < 1.29 is 24.5 Å². The molecule has 0 rings (SSSR count). The highest BCUT2D eigenvalue weighted by molar-refractivity contribution is 5.76. The van der Waals surface area contributed by atoms with Crippen molar-refractivity contribution in [1.29, 1.82) is 0 Å². The Morgan fingerprint density at radius 2 is 0.560 bits per heavy atom. The number of hydrogen-bond acceptors (Lipinski definition) is 5. The highest BCUT2D eigenvalue weighted by Crippen LogP contribution is 2.20. The predicted molar refractivity (Wildman–Crippen MR) is 370 cm³/mol. The number of carbonyl (C=O) groups is 2. The Labute approximate surface area is 526 Å². The second-order valence-electron chi connectivity index (χ2n) is 26.7. The van der Waals surface area contributed by atoms with Crippen LogP contribution in [0.15, 0.2) is 24.3 Å². The molecule has 6 nitrogen and oxygen atoms in total. The molecule has 1 amide bonds. The van der Waals surface area contributed by atoms with Crippen molar-refractivity contribution >= 4 is 11.9 Å². The Hall–Kier alpha value is -1.66. The summed E-state index contributed by atoms with van der Waals surface area (Å²) in [6.07, 6.45) is 94.4. The van der Waals surface area contributed by atoms with Gasteiger partial charge in [-0.2, -0.15) is 0 Å². The minimum absolute atomic E-state index is 0.0238. The van der Waals surface area contributed by atoms with Crippen LogP contribution in [-0.2, 0) is 14.3 Å². The lowest BCUT2D eigenvalue weighted by atomic mass is 10.0. The Kier molecular flexibility index (Phi) is 72.3. The fraction of sp³-hybridized carbons (Fsp3) is 0.923. The number of rotatable bonds is 73. The molecule has 6 heteroatoms. The fourth-order valence-corrected chi connectivity index (χ4v) is 12.3. The quantitative estimate of drug-likeness (QED) is 0.0320. The maximum Gasteiger partial charge on any atom is 0.305 e. The Morgan fingerprint density at radius 3 is 0.845 bits per heavy atom. The van der Waals surface area contributed by atoms with Crippen LogP contribution >= 0.6 is 0 Å². The molecule has 2 atom stereocenters. The first-order chi connectivity index (χ1) is 41.5. The molecule has 2 unspecified atom stereocenters. The molecule has 0 aliphatic heterocycles. The van der Waals surface area contributed by atoms with E-state index in [0.29, 0.717) is 19.4 Å². The van der Waals surface area contributed by atoms with Crippen LogP contribution in [0, 0.1) is 0 Å². The van der Waals surface area contributed by atoms with Gasteiger partial charge in [-0.3, -0.25) is 9.59 Å². The molecular weight excluding hydrogens is 1030 g/mol. The Bertz CT molecular complexity index is 1320. The van der Waals surface area contributed by atoms with E-state index in [2.05, 4.69) is 31.3 Å². The molecule has 0 saturated heterocycles. The monoisotopic (exact) mass is 1180 g/mol. The van der Waals surface area contributed by atoms with Crippen LogP contribution in [0.25, 0.3) is 0 Å². The number of ether oxygens (including phenoxy) is 1. The molecule has 84 heavy (non-hydrogen) atoms. The average molecular weight is 1180 g/mol. The number of hydrogen-bond donors (Lipinski definition) is 3. The molecular formula is C78H151NO5. The minimum Gasteiger partial charge on any atom is -0.466 e. The summed E-state index contributed by atoms with van der Waals surface area (Å²) < 4.78 is 5.52. The van der Waals surface area contributed by atoms with Crippen LogP contribution in [0.5, 0.6) is 0 Å². The van der Waals surface area contributed by atoms with Crippen molar-refractivity contribution in [2.75, 3.05) is 13.2 Å². The standard InChI is InChI=1S/C78H151NO5/c1-3-5-7-9-11-13-15-17-19-21-40-44-48-52-56-60-64-68-72-78(83)84-73-69-65-61-57-53-49-45-41-38-36-34-32-30-28-26-24-22-23-25-27-29-31-33-35-37-39-43-47-51-55-59-63-67-71-77(82)79-75(74-80)76(81)70-66-62-58-54-50-46-42-20-18-16-14-12-10-8-6-4-2/h26,28,66,70,75-76,80-81H,3-25,27,29-65,67-69,71-74H2,1-2H3,(H,79,82)/b28-26-,70-66+. The number of aliphatic hydroxyl groups excluding tert-OH is 2. The van der Waals surface area contributed by atoms with E-state index in [1.54, 1.807) is 6.08 Å². The zero-order valence-corrected chi connectivity index (χ0v) is 57.2. The second-order valence-corrected chi connectivity index (χ2v) is 26.7. The summed E-state index contributed by atoms with van der Waals surface area (Å²) in [4.78, 5) is 24.6. The summed E-state index contributed by atoms with van der Waals surface area (Å²) in [6.45, 7) is 4.95. The van der Waals surface area contributed by atoms with E-state index < -0.39 is 12.1 Å². The summed E-state index contributed by atoms with van der Waals surface area (Å²) >= 11 is 0. The second kappa shape index (κ2) is 73.8. The molecule has 0 aromatic heterocycles. The van der Waals surface area contributed by atoms with Gasteiger partial charge in [-0.25, -0.2) is 0 Å². The van der Waals surface area contributed by atoms with Crippen molar-refractivity contribution in [3.8, 4) is 0 Å². The highest BCUT2D eigenvalue weighted by Gasteiger charge is 2.18. The zero-order chi connectivity index (χ0) is 60.6. The summed E-state index contributed by atoms with van der Waals surface area (Å²) in [5, 5.41) is 23.2. The largest absolute Gasteiger partial charge is 0.466 e. The third-order valence-corrected chi connectivity index (χ3v) is 18.2. The number of allylic oxidation sites excluding steroid dienone is 3. The van der Waals surface area contributed by atoms with Gasteiger partial charge in [0.25, 0.3) is 0 Å². The molecule has 0 aromatic carbocycles.